The number of ether oxygens (including phenoxy) is 2. The fourth-order valence-corrected chi connectivity index (χ4v) is 4.47. The third-order valence-corrected chi connectivity index (χ3v) is 5.93. The normalized spacial score (nSPS) is 19.6. The smallest absolute Gasteiger partial charge is 0.254 e. The quantitative estimate of drug-likeness (QED) is 0.559. The molecule has 0 bridgehead atoms. The summed E-state index contributed by atoms with van der Waals surface area (Å²) in [7, 11) is 1.54. The van der Waals surface area contributed by atoms with Crippen molar-refractivity contribution in [3.8, 4) is 5.75 Å². The number of hydrogen-bond acceptors (Lipinski definition) is 7. The average Bonchev–Trinajstić information content (AvgIpc) is 3.19. The van der Waals surface area contributed by atoms with Gasteiger partial charge >= 0.3 is 0 Å². The number of aliphatic hydroxyl groups is 1. The third kappa shape index (κ3) is 5.46. The van der Waals surface area contributed by atoms with Crippen LogP contribution in [0.5, 0.6) is 5.75 Å². The summed E-state index contributed by atoms with van der Waals surface area (Å²) in [6, 6.07) is 6.95. The maximum absolute atomic E-state index is 13.3. The van der Waals surface area contributed by atoms with Gasteiger partial charge in [0.25, 0.3) is 5.91 Å². The number of hydrogen-bond donors (Lipinski definition) is 1. The lowest BCUT2D eigenvalue weighted by Gasteiger charge is -2.41. The van der Waals surface area contributed by atoms with E-state index in [4.69, 9.17) is 25.5 Å². The van der Waals surface area contributed by atoms with Crippen LogP contribution in [0.3, 0.4) is 0 Å². The number of halogens is 1. The number of morpholine rings is 1. The maximum Gasteiger partial charge on any atom is 0.254 e. The summed E-state index contributed by atoms with van der Waals surface area (Å²) in [5.41, 5.74) is 1.79. The zero-order valence-corrected chi connectivity index (χ0v) is 19.8. The zero-order chi connectivity index (χ0) is 23.6. The third-order valence-electron chi connectivity index (χ3n) is 5.69. The summed E-state index contributed by atoms with van der Waals surface area (Å²) in [6.07, 6.45) is 2.76. The van der Waals surface area contributed by atoms with Gasteiger partial charge in [-0.1, -0.05) is 11.6 Å². The second kappa shape index (κ2) is 9.67. The number of oxazole rings is 1. The molecular formula is C24H28ClN3O5. The largest absolute Gasteiger partial charge is 0.493 e. The van der Waals surface area contributed by atoms with Crippen LogP contribution in [0.2, 0.25) is 5.02 Å². The summed E-state index contributed by atoms with van der Waals surface area (Å²) in [5, 5.41) is 10.4. The number of methoxy groups -OCH3 is 1. The summed E-state index contributed by atoms with van der Waals surface area (Å²) in [5.74, 6) is 0.851. The minimum Gasteiger partial charge on any atom is -0.493 e. The van der Waals surface area contributed by atoms with Crippen LogP contribution in [-0.2, 0) is 17.6 Å². The van der Waals surface area contributed by atoms with Crippen LogP contribution < -0.4 is 4.74 Å². The van der Waals surface area contributed by atoms with Crippen molar-refractivity contribution in [3.63, 3.8) is 0 Å². The Kier molecular flexibility index (Phi) is 6.88. The van der Waals surface area contributed by atoms with Crippen LogP contribution in [0.4, 0.5) is 0 Å². The van der Waals surface area contributed by atoms with Crippen LogP contribution in [0.25, 0.3) is 11.1 Å². The molecule has 1 amide bonds. The van der Waals surface area contributed by atoms with E-state index in [-0.39, 0.29) is 5.91 Å². The Bertz CT molecular complexity index is 1150. The standard InChI is InChI=1S/C24H28ClN3O5/c1-15(29)13-24(2)14-28(8-9-32-24)23(30)16-10-19-22(20(11-16)31-3)33-21(27-19)5-4-18-12-17(25)6-7-26-18/h6-7,10-12,15,29H,4-5,8-9,13-14H2,1-3H3. The lowest BCUT2D eigenvalue weighted by molar-refractivity contribution is -0.106. The van der Waals surface area contributed by atoms with E-state index in [1.807, 2.05) is 13.0 Å². The monoisotopic (exact) mass is 473 g/mol. The molecule has 1 saturated heterocycles. The van der Waals surface area contributed by atoms with Gasteiger partial charge in [0.05, 0.1) is 25.4 Å². The predicted molar refractivity (Wildman–Crippen MR) is 124 cm³/mol. The molecule has 1 aliphatic heterocycles. The van der Waals surface area contributed by atoms with E-state index in [9.17, 15) is 9.90 Å². The molecule has 0 saturated carbocycles. The molecule has 0 radical (unpaired) electrons. The van der Waals surface area contributed by atoms with Gasteiger partial charge in [-0.15, -0.1) is 0 Å². The highest BCUT2D eigenvalue weighted by Gasteiger charge is 2.35. The number of pyridine rings is 1. The highest BCUT2D eigenvalue weighted by atomic mass is 35.5. The minimum atomic E-state index is -0.592. The van der Waals surface area contributed by atoms with E-state index < -0.39 is 11.7 Å². The van der Waals surface area contributed by atoms with Crippen molar-refractivity contribution in [3.05, 3.63) is 52.6 Å². The van der Waals surface area contributed by atoms with Gasteiger partial charge in [0.1, 0.15) is 5.52 Å². The number of benzene rings is 1. The van der Waals surface area contributed by atoms with Gasteiger partial charge in [0, 0.05) is 48.4 Å². The van der Waals surface area contributed by atoms with Crippen LogP contribution in [0, 0.1) is 0 Å². The van der Waals surface area contributed by atoms with Crippen molar-refractivity contribution in [2.75, 3.05) is 26.8 Å². The van der Waals surface area contributed by atoms with Crippen LogP contribution >= 0.6 is 11.6 Å². The van der Waals surface area contributed by atoms with Crippen molar-refractivity contribution in [1.82, 2.24) is 14.9 Å². The second-order valence-electron chi connectivity index (χ2n) is 8.68. The zero-order valence-electron chi connectivity index (χ0n) is 19.0. The Morgan fingerprint density at radius 2 is 2.18 bits per heavy atom. The second-order valence-corrected chi connectivity index (χ2v) is 9.11. The summed E-state index contributed by atoms with van der Waals surface area (Å²) in [4.78, 5) is 23.9. The van der Waals surface area contributed by atoms with Gasteiger partial charge in [-0.25, -0.2) is 4.98 Å². The first-order valence-corrected chi connectivity index (χ1v) is 11.3. The number of aryl methyl sites for hydroxylation is 2. The molecule has 8 nitrogen and oxygen atoms in total. The Morgan fingerprint density at radius 3 is 2.91 bits per heavy atom. The molecule has 1 aromatic carbocycles. The van der Waals surface area contributed by atoms with E-state index in [1.54, 1.807) is 36.2 Å². The molecule has 176 valence electrons. The number of rotatable bonds is 7. The molecular weight excluding hydrogens is 446 g/mol. The van der Waals surface area contributed by atoms with Crippen molar-refractivity contribution in [2.45, 2.75) is 44.8 Å². The first-order valence-electron chi connectivity index (χ1n) is 11.0. The predicted octanol–water partition coefficient (Wildman–Crippen LogP) is 3.67. The summed E-state index contributed by atoms with van der Waals surface area (Å²) >= 11 is 6.03. The van der Waals surface area contributed by atoms with Crippen LogP contribution in [0.1, 0.15) is 42.2 Å². The molecule has 2 unspecified atom stereocenters. The molecule has 4 rings (SSSR count). The summed E-state index contributed by atoms with van der Waals surface area (Å²) < 4.78 is 17.3. The van der Waals surface area contributed by atoms with Crippen molar-refractivity contribution in [1.29, 1.82) is 0 Å². The molecule has 33 heavy (non-hydrogen) atoms. The molecule has 3 aromatic rings. The van der Waals surface area contributed by atoms with Crippen LogP contribution in [-0.4, -0.2) is 64.4 Å². The molecule has 1 N–H and O–H groups in total. The van der Waals surface area contributed by atoms with Gasteiger partial charge in [-0.05, 0) is 44.5 Å². The SMILES string of the molecule is COc1cc(C(=O)N2CCOC(C)(CC(C)O)C2)cc2nc(CCc3cc(Cl)ccn3)oc12. The maximum atomic E-state index is 13.3. The summed E-state index contributed by atoms with van der Waals surface area (Å²) in [6.45, 7) is 4.93. The lowest BCUT2D eigenvalue weighted by Crippen LogP contribution is -2.53. The first kappa shape index (κ1) is 23.5. The molecule has 1 fully saturated rings. The number of amides is 1. The highest BCUT2D eigenvalue weighted by molar-refractivity contribution is 6.30. The molecule has 9 heteroatoms. The fraction of sp³-hybridized carbons (Fsp3) is 0.458. The van der Waals surface area contributed by atoms with Crippen molar-refractivity contribution in [2.24, 2.45) is 0 Å². The number of carbonyl (C=O) groups excluding carboxylic acids is 1. The van der Waals surface area contributed by atoms with E-state index in [0.29, 0.717) is 72.3 Å². The van der Waals surface area contributed by atoms with Crippen molar-refractivity contribution < 1.29 is 23.8 Å². The van der Waals surface area contributed by atoms with E-state index in [1.165, 1.54) is 7.11 Å². The van der Waals surface area contributed by atoms with Gasteiger partial charge in [0.2, 0.25) is 0 Å². The Morgan fingerprint density at radius 1 is 1.36 bits per heavy atom. The Hall–Kier alpha value is -2.68. The number of carbonyl (C=O) groups is 1. The molecule has 1 aliphatic rings. The van der Waals surface area contributed by atoms with Gasteiger partial charge in [0.15, 0.2) is 17.2 Å². The highest BCUT2D eigenvalue weighted by Crippen LogP contribution is 2.31. The Labute approximate surface area is 197 Å². The minimum absolute atomic E-state index is 0.136. The number of aliphatic hydroxyl groups excluding tert-OH is 1. The molecule has 0 aliphatic carbocycles. The molecule has 3 heterocycles. The van der Waals surface area contributed by atoms with Gasteiger partial charge in [-0.3, -0.25) is 9.78 Å². The number of fused-ring (bicyclic) bond motifs is 1. The van der Waals surface area contributed by atoms with Crippen LogP contribution in [0.15, 0.2) is 34.9 Å². The molecule has 2 aromatic heterocycles. The fourth-order valence-electron chi connectivity index (χ4n) is 4.29. The Balaban J connectivity index is 1.55. The number of nitrogens with zero attached hydrogens (tertiary/aromatic N) is 3. The van der Waals surface area contributed by atoms with Gasteiger partial charge in [-0.2, -0.15) is 0 Å². The van der Waals surface area contributed by atoms with E-state index in [0.717, 1.165) is 5.69 Å². The average molecular weight is 474 g/mol. The topological polar surface area (TPSA) is 97.9 Å². The van der Waals surface area contributed by atoms with Crippen molar-refractivity contribution >= 4 is 28.6 Å². The van der Waals surface area contributed by atoms with Gasteiger partial charge < -0.3 is 23.9 Å². The molecule has 2 atom stereocenters. The lowest BCUT2D eigenvalue weighted by atomic mass is 9.96. The molecule has 0 spiro atoms. The first-order chi connectivity index (χ1) is 15.8. The number of aromatic nitrogens is 2. The van der Waals surface area contributed by atoms with E-state index in [2.05, 4.69) is 9.97 Å². The van der Waals surface area contributed by atoms with E-state index >= 15 is 0 Å².